The predicted molar refractivity (Wildman–Crippen MR) is 120 cm³/mol. The lowest BCUT2D eigenvalue weighted by Gasteiger charge is -2.47. The first-order valence-electron chi connectivity index (χ1n) is 11.9. The monoisotopic (exact) mass is 428 g/mol. The third kappa shape index (κ3) is 3.86. The molecule has 2 atom stereocenters. The first kappa shape index (κ1) is 22.2. The van der Waals surface area contributed by atoms with Crippen LogP contribution in [0.1, 0.15) is 57.8 Å². The van der Waals surface area contributed by atoms with Gasteiger partial charge in [0.25, 0.3) is 0 Å². The Labute approximate surface area is 186 Å². The summed E-state index contributed by atoms with van der Waals surface area (Å²) < 4.78 is 0. The van der Waals surface area contributed by atoms with E-state index in [4.69, 9.17) is 0 Å². The van der Waals surface area contributed by atoms with Crippen LogP contribution in [0.3, 0.4) is 0 Å². The van der Waals surface area contributed by atoms with Crippen molar-refractivity contribution in [3.05, 3.63) is 17.5 Å². The summed E-state index contributed by atoms with van der Waals surface area (Å²) >= 11 is 0. The predicted octanol–water partition coefficient (Wildman–Crippen LogP) is 1.39. The summed E-state index contributed by atoms with van der Waals surface area (Å²) in [6.45, 7) is 16.1. The van der Waals surface area contributed by atoms with Crippen molar-refractivity contribution in [2.24, 2.45) is 16.7 Å². The van der Waals surface area contributed by atoms with Crippen LogP contribution >= 0.6 is 0 Å². The number of carbonyl (C=O) groups excluding carboxylic acids is 2. The average molecular weight is 429 g/mol. The molecule has 3 heterocycles. The van der Waals surface area contributed by atoms with Gasteiger partial charge in [-0.15, -0.1) is 0 Å². The van der Waals surface area contributed by atoms with E-state index in [1.54, 1.807) is 9.80 Å². The van der Waals surface area contributed by atoms with Crippen molar-refractivity contribution in [3.8, 4) is 0 Å². The van der Waals surface area contributed by atoms with Crippen LogP contribution in [0.25, 0.3) is 0 Å². The van der Waals surface area contributed by atoms with Gasteiger partial charge in [-0.05, 0) is 51.0 Å². The van der Waals surface area contributed by atoms with Crippen molar-refractivity contribution in [3.63, 3.8) is 0 Å². The molecule has 2 amide bonds. The van der Waals surface area contributed by atoms with Gasteiger partial charge in [0.05, 0.1) is 38.1 Å². The van der Waals surface area contributed by atoms with Crippen LogP contribution < -0.4 is 9.80 Å². The first-order valence-corrected chi connectivity index (χ1v) is 11.9. The van der Waals surface area contributed by atoms with Crippen molar-refractivity contribution in [1.29, 1.82) is 0 Å². The van der Waals surface area contributed by atoms with Crippen LogP contribution in [0.4, 0.5) is 5.95 Å². The minimum absolute atomic E-state index is 0.00128. The number of aryl methyl sites for hydroxylation is 2. The Balaban J connectivity index is 1.23. The number of rotatable bonds is 6. The molecule has 7 heteroatoms. The molecule has 31 heavy (non-hydrogen) atoms. The number of hydrogen-bond donors (Lipinski definition) is 1. The zero-order chi connectivity index (χ0) is 22.4. The summed E-state index contributed by atoms with van der Waals surface area (Å²) in [4.78, 5) is 40.7. The molecule has 0 spiro atoms. The van der Waals surface area contributed by atoms with Gasteiger partial charge < -0.3 is 9.80 Å². The molecule has 0 radical (unpaired) electrons. The molecule has 3 aliphatic rings. The number of quaternary nitrogens is 1. The normalized spacial score (nSPS) is 28.5. The van der Waals surface area contributed by atoms with Crippen LogP contribution in [0, 0.1) is 30.6 Å². The van der Waals surface area contributed by atoms with E-state index in [2.05, 4.69) is 35.6 Å². The number of nitrogens with zero attached hydrogens (tertiary/aromatic N) is 4. The van der Waals surface area contributed by atoms with Gasteiger partial charge in [0.2, 0.25) is 17.8 Å². The van der Waals surface area contributed by atoms with Crippen molar-refractivity contribution in [2.75, 3.05) is 44.2 Å². The van der Waals surface area contributed by atoms with E-state index < -0.39 is 0 Å². The molecule has 1 aliphatic carbocycles. The number of anilines is 1. The lowest BCUT2D eigenvalue weighted by Crippen LogP contribution is -3.14. The minimum atomic E-state index is -0.386. The van der Waals surface area contributed by atoms with Crippen molar-refractivity contribution >= 4 is 17.8 Å². The summed E-state index contributed by atoms with van der Waals surface area (Å²) in [6, 6.07) is 2.01. The van der Waals surface area contributed by atoms with E-state index in [0.717, 1.165) is 75.7 Å². The summed E-state index contributed by atoms with van der Waals surface area (Å²) in [5.41, 5.74) is 1.43. The molecule has 1 saturated carbocycles. The topological polar surface area (TPSA) is 70.8 Å². The molecule has 2 bridgehead atoms. The van der Waals surface area contributed by atoms with E-state index in [0.29, 0.717) is 6.54 Å². The number of amides is 2. The Morgan fingerprint density at radius 2 is 1.71 bits per heavy atom. The maximum absolute atomic E-state index is 13.1. The SMILES string of the molecule is Cc1cc(C)nc(N2CC[NH+](CCCCN3C(=O)C4CCC(C)(C3=O)C4(C)C)CC2)n1. The number of hydrogen-bond acceptors (Lipinski definition) is 5. The maximum atomic E-state index is 13.1. The molecule has 2 saturated heterocycles. The largest absolute Gasteiger partial charge is 0.332 e. The Kier molecular flexibility index (Phi) is 5.83. The minimum Gasteiger partial charge on any atom is -0.332 e. The van der Waals surface area contributed by atoms with Gasteiger partial charge in [-0.25, -0.2) is 9.97 Å². The van der Waals surface area contributed by atoms with Crippen LogP contribution in [0.5, 0.6) is 0 Å². The fourth-order valence-electron chi connectivity index (χ4n) is 5.88. The number of aromatic nitrogens is 2. The van der Waals surface area contributed by atoms with Gasteiger partial charge >= 0.3 is 0 Å². The number of fused-ring (bicyclic) bond motifs is 2. The van der Waals surface area contributed by atoms with E-state index in [-0.39, 0.29) is 28.6 Å². The van der Waals surface area contributed by atoms with Gasteiger partial charge in [-0.1, -0.05) is 20.8 Å². The lowest BCUT2D eigenvalue weighted by atomic mass is 9.62. The van der Waals surface area contributed by atoms with Crippen molar-refractivity contribution in [2.45, 2.75) is 60.3 Å². The Morgan fingerprint density at radius 1 is 1.06 bits per heavy atom. The van der Waals surface area contributed by atoms with E-state index >= 15 is 0 Å². The second-order valence-electron chi connectivity index (χ2n) is 10.6. The highest BCUT2D eigenvalue weighted by Gasteiger charge is 2.64. The molecule has 3 fully saturated rings. The van der Waals surface area contributed by atoms with Gasteiger partial charge in [0.1, 0.15) is 0 Å². The zero-order valence-corrected chi connectivity index (χ0v) is 19.8. The summed E-state index contributed by atoms with van der Waals surface area (Å²) in [6.07, 6.45) is 3.62. The maximum Gasteiger partial charge on any atom is 0.235 e. The number of likely N-dealkylation sites (tertiary alicyclic amines) is 1. The molecule has 1 N–H and O–H groups in total. The molecular weight excluding hydrogens is 390 g/mol. The van der Waals surface area contributed by atoms with E-state index in [1.165, 1.54) is 0 Å². The summed E-state index contributed by atoms with van der Waals surface area (Å²) in [5, 5.41) is 0. The second kappa shape index (κ2) is 8.15. The van der Waals surface area contributed by atoms with Crippen molar-refractivity contribution in [1.82, 2.24) is 14.9 Å². The number of piperazine rings is 1. The number of carbonyl (C=O) groups is 2. The highest BCUT2D eigenvalue weighted by atomic mass is 16.2. The van der Waals surface area contributed by atoms with E-state index in [9.17, 15) is 9.59 Å². The highest BCUT2D eigenvalue weighted by molar-refractivity contribution is 6.03. The molecule has 0 aromatic carbocycles. The first-order chi connectivity index (χ1) is 14.6. The van der Waals surface area contributed by atoms with Crippen LogP contribution in [-0.4, -0.2) is 66.0 Å². The van der Waals surface area contributed by atoms with E-state index in [1.807, 2.05) is 19.9 Å². The Morgan fingerprint density at radius 3 is 2.35 bits per heavy atom. The van der Waals surface area contributed by atoms with Gasteiger partial charge in [-0.3, -0.25) is 14.5 Å². The Hall–Kier alpha value is -2.02. The molecule has 2 aliphatic heterocycles. The molecular formula is C24H38N5O2+. The fraction of sp³-hybridized carbons (Fsp3) is 0.750. The molecule has 7 nitrogen and oxygen atoms in total. The third-order valence-electron chi connectivity index (χ3n) is 8.39. The van der Waals surface area contributed by atoms with Crippen LogP contribution in [0.15, 0.2) is 6.07 Å². The lowest BCUT2D eigenvalue weighted by molar-refractivity contribution is -0.900. The molecule has 1 aromatic heterocycles. The van der Waals surface area contributed by atoms with Crippen LogP contribution in [0.2, 0.25) is 0 Å². The Bertz CT molecular complexity index is 841. The molecule has 2 unspecified atom stereocenters. The molecule has 4 rings (SSSR count). The third-order valence-corrected chi connectivity index (χ3v) is 8.39. The van der Waals surface area contributed by atoms with Crippen LogP contribution in [-0.2, 0) is 9.59 Å². The zero-order valence-electron chi connectivity index (χ0n) is 19.8. The number of piperidine rings is 1. The van der Waals surface area contributed by atoms with Gasteiger partial charge in [0.15, 0.2) is 0 Å². The van der Waals surface area contributed by atoms with Gasteiger partial charge in [-0.2, -0.15) is 0 Å². The average Bonchev–Trinajstić information content (AvgIpc) is 2.90. The highest BCUT2D eigenvalue weighted by Crippen LogP contribution is 2.60. The number of imide groups is 1. The smallest absolute Gasteiger partial charge is 0.235 e. The molecule has 170 valence electrons. The number of unbranched alkanes of at least 4 members (excludes halogenated alkanes) is 1. The summed E-state index contributed by atoms with van der Waals surface area (Å²) in [7, 11) is 0. The van der Waals surface area contributed by atoms with Gasteiger partial charge in [0, 0.05) is 23.9 Å². The quantitative estimate of drug-likeness (QED) is 0.548. The second-order valence-corrected chi connectivity index (χ2v) is 10.6. The summed E-state index contributed by atoms with van der Waals surface area (Å²) in [5.74, 6) is 0.983. The number of nitrogens with one attached hydrogen (secondary N) is 1. The fourth-order valence-corrected chi connectivity index (χ4v) is 5.88. The standard InChI is InChI=1S/C24H37N5O2/c1-17-16-18(2)26-22(25-17)28-14-12-27(13-15-28)10-6-7-11-29-20(30)19-8-9-24(5,21(29)31)23(19,3)4/h16,19H,6-15H2,1-5H3/p+1. The molecule has 1 aromatic rings. The van der Waals surface area contributed by atoms with Crippen molar-refractivity contribution < 1.29 is 14.5 Å².